The number of carbonyl (C=O) groups excluding carboxylic acids is 1. The van der Waals surface area contributed by atoms with Gasteiger partial charge in [-0.25, -0.2) is 9.18 Å². The average molecular weight is 394 g/mol. The van der Waals surface area contributed by atoms with Crippen LogP contribution < -0.4 is 5.69 Å². The third-order valence-electron chi connectivity index (χ3n) is 5.23. The molecule has 0 saturated carbocycles. The lowest BCUT2D eigenvalue weighted by atomic mass is 10.2. The molecule has 1 aliphatic heterocycles. The largest absolute Gasteiger partial charge is 0.339 e. The normalized spacial score (nSPS) is 15.4. The lowest BCUT2D eigenvalue weighted by Crippen LogP contribution is -2.49. The van der Waals surface area contributed by atoms with Crippen molar-refractivity contribution in [1.29, 1.82) is 0 Å². The number of benzene rings is 2. The summed E-state index contributed by atoms with van der Waals surface area (Å²) in [6, 6.07) is 14.2. The summed E-state index contributed by atoms with van der Waals surface area (Å²) in [5, 5.41) is 0. The summed E-state index contributed by atoms with van der Waals surface area (Å²) >= 11 is 0. The highest BCUT2D eigenvalue weighted by Gasteiger charge is 2.22. The molecule has 6 nitrogen and oxygen atoms in total. The van der Waals surface area contributed by atoms with Gasteiger partial charge in [0.05, 0.1) is 11.0 Å². The number of hydrogen-bond acceptors (Lipinski definition) is 3. The molecule has 0 atom stereocenters. The van der Waals surface area contributed by atoms with Gasteiger partial charge in [0.15, 0.2) is 0 Å². The van der Waals surface area contributed by atoms with E-state index in [1.807, 2.05) is 18.2 Å². The van der Waals surface area contributed by atoms with E-state index in [2.05, 4.69) is 34.2 Å². The second kappa shape index (κ2) is 8.45. The van der Waals surface area contributed by atoms with Crippen LogP contribution >= 0.6 is 0 Å². The quantitative estimate of drug-likeness (QED) is 0.723. The smallest absolute Gasteiger partial charge is 0.326 e. The first-order chi connectivity index (χ1) is 14.1. The summed E-state index contributed by atoms with van der Waals surface area (Å²) in [4.78, 5) is 31.5. The van der Waals surface area contributed by atoms with Crippen molar-refractivity contribution in [3.05, 3.63) is 76.5 Å². The predicted octanol–water partition coefficient (Wildman–Crippen LogP) is 2.33. The van der Waals surface area contributed by atoms with E-state index < -0.39 is 11.5 Å². The Kier molecular flexibility index (Phi) is 5.57. The molecule has 1 aliphatic rings. The minimum atomic E-state index is -0.422. The van der Waals surface area contributed by atoms with Gasteiger partial charge in [-0.1, -0.05) is 42.5 Å². The fourth-order valence-corrected chi connectivity index (χ4v) is 3.61. The number of aromatic amines is 1. The van der Waals surface area contributed by atoms with Crippen molar-refractivity contribution >= 4 is 23.0 Å². The first-order valence-corrected chi connectivity index (χ1v) is 9.70. The van der Waals surface area contributed by atoms with E-state index in [1.165, 1.54) is 28.3 Å². The van der Waals surface area contributed by atoms with Crippen molar-refractivity contribution in [3.63, 3.8) is 0 Å². The van der Waals surface area contributed by atoms with Gasteiger partial charge < -0.3 is 9.88 Å². The van der Waals surface area contributed by atoms with Crippen molar-refractivity contribution in [1.82, 2.24) is 19.4 Å². The molecule has 2 aromatic carbocycles. The zero-order valence-corrected chi connectivity index (χ0v) is 16.1. The molecule has 3 aromatic rings. The minimum Gasteiger partial charge on any atom is -0.339 e. The zero-order valence-electron chi connectivity index (χ0n) is 16.1. The number of nitrogens with one attached hydrogen (secondary N) is 1. The molecule has 1 N–H and O–H groups in total. The summed E-state index contributed by atoms with van der Waals surface area (Å²) in [6.07, 6.45) is 4.24. The van der Waals surface area contributed by atoms with E-state index in [0.717, 1.165) is 19.6 Å². The number of H-pyrrole nitrogens is 1. The number of aromatic nitrogens is 2. The Balaban J connectivity index is 1.32. The van der Waals surface area contributed by atoms with Crippen LogP contribution in [0.4, 0.5) is 4.39 Å². The highest BCUT2D eigenvalue weighted by atomic mass is 19.1. The second-order valence-electron chi connectivity index (χ2n) is 7.17. The second-order valence-corrected chi connectivity index (χ2v) is 7.17. The summed E-state index contributed by atoms with van der Waals surface area (Å²) in [5.41, 5.74) is 1.71. The van der Waals surface area contributed by atoms with Gasteiger partial charge >= 0.3 is 5.69 Å². The van der Waals surface area contributed by atoms with Crippen molar-refractivity contribution in [2.24, 2.45) is 0 Å². The highest BCUT2D eigenvalue weighted by Crippen LogP contribution is 2.13. The van der Waals surface area contributed by atoms with Crippen molar-refractivity contribution in [2.45, 2.75) is 6.54 Å². The average Bonchev–Trinajstić information content (AvgIpc) is 3.03. The number of halogens is 1. The molecular formula is C22H23FN4O2. The van der Waals surface area contributed by atoms with Gasteiger partial charge in [0.25, 0.3) is 0 Å². The molecule has 0 spiro atoms. The van der Waals surface area contributed by atoms with Crippen LogP contribution in [0, 0.1) is 5.82 Å². The maximum atomic E-state index is 13.3. The van der Waals surface area contributed by atoms with E-state index in [1.54, 1.807) is 4.90 Å². The predicted molar refractivity (Wildman–Crippen MR) is 111 cm³/mol. The Morgan fingerprint density at radius 3 is 2.59 bits per heavy atom. The molecule has 0 aliphatic carbocycles. The molecule has 0 bridgehead atoms. The first-order valence-electron chi connectivity index (χ1n) is 9.70. The lowest BCUT2D eigenvalue weighted by Gasteiger charge is -2.34. The molecule has 1 aromatic heterocycles. The fraction of sp³-hybridized carbons (Fsp3) is 0.273. The van der Waals surface area contributed by atoms with Gasteiger partial charge in [0.1, 0.15) is 12.4 Å². The topological polar surface area (TPSA) is 61.3 Å². The van der Waals surface area contributed by atoms with Crippen molar-refractivity contribution in [2.75, 3.05) is 32.7 Å². The maximum Gasteiger partial charge on any atom is 0.326 e. The zero-order chi connectivity index (χ0) is 20.2. The molecule has 0 radical (unpaired) electrons. The monoisotopic (exact) mass is 394 g/mol. The number of amides is 1. The van der Waals surface area contributed by atoms with Crippen LogP contribution in [0.3, 0.4) is 0 Å². The summed E-state index contributed by atoms with van der Waals surface area (Å²) in [6.45, 7) is 3.63. The van der Waals surface area contributed by atoms with E-state index in [9.17, 15) is 14.0 Å². The molecule has 7 heteroatoms. The van der Waals surface area contributed by atoms with Gasteiger partial charge in [-0.05, 0) is 23.8 Å². The molecular weight excluding hydrogens is 371 g/mol. The Labute approximate surface area is 167 Å². The molecule has 1 fully saturated rings. The highest BCUT2D eigenvalue weighted by molar-refractivity contribution is 5.80. The van der Waals surface area contributed by atoms with Gasteiger partial charge in [-0.2, -0.15) is 0 Å². The number of hydrogen-bond donors (Lipinski definition) is 1. The number of rotatable bonds is 5. The van der Waals surface area contributed by atoms with Crippen molar-refractivity contribution in [3.8, 4) is 0 Å². The van der Waals surface area contributed by atoms with E-state index in [4.69, 9.17) is 0 Å². The third kappa shape index (κ3) is 4.46. The van der Waals surface area contributed by atoms with Crippen LogP contribution in [-0.4, -0.2) is 58.0 Å². The maximum absolute atomic E-state index is 13.3. The molecule has 150 valence electrons. The lowest BCUT2D eigenvalue weighted by molar-refractivity contribution is -0.133. The van der Waals surface area contributed by atoms with Crippen LogP contribution in [0.15, 0.2) is 59.4 Å². The SMILES string of the molecule is O=C(Cn1c(=O)[nH]c2cc(F)ccc21)N1CCN(C/C=C/c2ccccc2)CC1. The summed E-state index contributed by atoms with van der Waals surface area (Å²) in [7, 11) is 0. The number of imidazole rings is 1. The van der Waals surface area contributed by atoms with Crippen LogP contribution in [-0.2, 0) is 11.3 Å². The number of fused-ring (bicyclic) bond motifs is 1. The van der Waals surface area contributed by atoms with E-state index >= 15 is 0 Å². The van der Waals surface area contributed by atoms with E-state index in [0.29, 0.717) is 24.1 Å². The molecule has 2 heterocycles. The number of piperazine rings is 1. The Morgan fingerprint density at radius 2 is 1.83 bits per heavy atom. The molecule has 29 heavy (non-hydrogen) atoms. The van der Waals surface area contributed by atoms with Crippen molar-refractivity contribution < 1.29 is 9.18 Å². The van der Waals surface area contributed by atoms with Crippen LogP contribution in [0.2, 0.25) is 0 Å². The Bertz CT molecular complexity index is 1080. The summed E-state index contributed by atoms with van der Waals surface area (Å²) < 4.78 is 14.7. The van der Waals surface area contributed by atoms with Crippen LogP contribution in [0.5, 0.6) is 0 Å². The molecule has 1 saturated heterocycles. The third-order valence-corrected chi connectivity index (χ3v) is 5.23. The Morgan fingerprint density at radius 1 is 1.07 bits per heavy atom. The molecule has 0 unspecified atom stereocenters. The molecule has 1 amide bonds. The van der Waals surface area contributed by atoms with E-state index in [-0.39, 0.29) is 12.5 Å². The fourth-order valence-electron chi connectivity index (χ4n) is 3.61. The standard InChI is InChI=1S/C22H23FN4O2/c23-18-8-9-20-19(15-18)24-22(29)27(20)16-21(28)26-13-11-25(12-14-26)10-4-7-17-5-2-1-3-6-17/h1-9,15H,10-14,16H2,(H,24,29)/b7-4+. The number of carbonyl (C=O) groups is 1. The van der Waals surface area contributed by atoms with Gasteiger partial charge in [-0.3, -0.25) is 14.3 Å². The summed E-state index contributed by atoms with van der Waals surface area (Å²) in [5.74, 6) is -0.522. The van der Waals surface area contributed by atoms with Crippen LogP contribution in [0.25, 0.3) is 17.1 Å². The number of nitrogens with zero attached hydrogens (tertiary/aromatic N) is 3. The molecule has 4 rings (SSSR count). The van der Waals surface area contributed by atoms with Gasteiger partial charge in [0, 0.05) is 32.7 Å². The van der Waals surface area contributed by atoms with Gasteiger partial charge in [-0.15, -0.1) is 0 Å². The van der Waals surface area contributed by atoms with Crippen LogP contribution in [0.1, 0.15) is 5.56 Å². The minimum absolute atomic E-state index is 0.0433. The Hall–Kier alpha value is -3.19. The first kappa shape index (κ1) is 19.1. The van der Waals surface area contributed by atoms with Gasteiger partial charge in [0.2, 0.25) is 5.91 Å².